The van der Waals surface area contributed by atoms with Gasteiger partial charge in [-0.25, -0.2) is 9.97 Å². The molecule has 0 aliphatic carbocycles. The Morgan fingerprint density at radius 2 is 2.05 bits per heavy atom. The van der Waals surface area contributed by atoms with Crippen LogP contribution in [0.1, 0.15) is 30.1 Å². The molecule has 0 saturated carbocycles. The van der Waals surface area contributed by atoms with Crippen LogP contribution >= 0.6 is 0 Å². The number of anilines is 1. The third-order valence-corrected chi connectivity index (χ3v) is 3.45. The molecule has 5 nitrogen and oxygen atoms in total. The van der Waals surface area contributed by atoms with Crippen LogP contribution in [0.5, 0.6) is 0 Å². The first-order chi connectivity index (χ1) is 9.33. The fourth-order valence-electron chi connectivity index (χ4n) is 2.53. The van der Waals surface area contributed by atoms with Crippen molar-refractivity contribution in [1.29, 1.82) is 0 Å². The lowest BCUT2D eigenvalue weighted by Crippen LogP contribution is -2.35. The quantitative estimate of drug-likeness (QED) is 0.821. The van der Waals surface area contributed by atoms with E-state index in [1.165, 1.54) is 0 Å². The van der Waals surface area contributed by atoms with Crippen molar-refractivity contribution in [3.05, 3.63) is 42.2 Å². The zero-order valence-corrected chi connectivity index (χ0v) is 11.0. The molecule has 3 heterocycles. The van der Waals surface area contributed by atoms with Gasteiger partial charge in [-0.3, -0.25) is 9.97 Å². The lowest BCUT2D eigenvalue weighted by atomic mass is 9.95. The van der Waals surface area contributed by atoms with E-state index in [0.29, 0.717) is 5.92 Å². The highest BCUT2D eigenvalue weighted by Gasteiger charge is 2.24. The molecule has 1 unspecified atom stereocenters. The van der Waals surface area contributed by atoms with Gasteiger partial charge in [0.1, 0.15) is 0 Å². The Balaban J connectivity index is 1.78. The molecule has 3 rings (SSSR count). The van der Waals surface area contributed by atoms with Gasteiger partial charge < -0.3 is 4.90 Å². The predicted molar refractivity (Wildman–Crippen MR) is 73.0 cm³/mol. The van der Waals surface area contributed by atoms with E-state index >= 15 is 0 Å². The minimum Gasteiger partial charge on any atom is -0.340 e. The van der Waals surface area contributed by atoms with Crippen LogP contribution in [0.15, 0.2) is 30.9 Å². The van der Waals surface area contributed by atoms with Crippen molar-refractivity contribution in [2.45, 2.75) is 25.7 Å². The molecule has 1 aliphatic heterocycles. The van der Waals surface area contributed by atoms with E-state index in [0.717, 1.165) is 43.3 Å². The number of hydrogen-bond donors (Lipinski definition) is 0. The van der Waals surface area contributed by atoms with Crippen LogP contribution in [0.2, 0.25) is 0 Å². The first kappa shape index (κ1) is 12.0. The van der Waals surface area contributed by atoms with Crippen molar-refractivity contribution in [3.63, 3.8) is 0 Å². The van der Waals surface area contributed by atoms with Crippen LogP contribution < -0.4 is 4.90 Å². The fourth-order valence-corrected chi connectivity index (χ4v) is 2.53. The Morgan fingerprint density at radius 3 is 2.84 bits per heavy atom. The van der Waals surface area contributed by atoms with Crippen molar-refractivity contribution in [1.82, 2.24) is 19.9 Å². The molecular formula is C14H17N5. The Morgan fingerprint density at radius 1 is 1.21 bits per heavy atom. The molecule has 1 saturated heterocycles. The lowest BCUT2D eigenvalue weighted by Gasteiger charge is -2.32. The first-order valence-electron chi connectivity index (χ1n) is 6.63. The van der Waals surface area contributed by atoms with Gasteiger partial charge in [0, 0.05) is 43.8 Å². The van der Waals surface area contributed by atoms with Gasteiger partial charge in [0.05, 0.1) is 11.4 Å². The van der Waals surface area contributed by atoms with Gasteiger partial charge in [-0.1, -0.05) is 0 Å². The molecule has 1 atom stereocenters. The van der Waals surface area contributed by atoms with Crippen LogP contribution in [0.3, 0.4) is 0 Å². The van der Waals surface area contributed by atoms with Crippen LogP contribution in [-0.2, 0) is 0 Å². The molecule has 1 aliphatic rings. The van der Waals surface area contributed by atoms with E-state index in [1.54, 1.807) is 18.6 Å². The fraction of sp³-hybridized carbons (Fsp3) is 0.429. The van der Waals surface area contributed by atoms with E-state index in [2.05, 4.69) is 24.8 Å². The van der Waals surface area contributed by atoms with Crippen LogP contribution in [-0.4, -0.2) is 33.0 Å². The number of aromatic nitrogens is 4. The molecule has 5 heteroatoms. The maximum absolute atomic E-state index is 4.59. The van der Waals surface area contributed by atoms with Crippen molar-refractivity contribution >= 4 is 5.95 Å². The van der Waals surface area contributed by atoms with Gasteiger partial charge in [-0.15, -0.1) is 0 Å². The smallest absolute Gasteiger partial charge is 0.225 e. The molecule has 0 amide bonds. The zero-order valence-electron chi connectivity index (χ0n) is 11.0. The highest BCUT2D eigenvalue weighted by Crippen LogP contribution is 2.26. The summed E-state index contributed by atoms with van der Waals surface area (Å²) < 4.78 is 0. The summed E-state index contributed by atoms with van der Waals surface area (Å²) in [6.45, 7) is 3.92. The summed E-state index contributed by atoms with van der Waals surface area (Å²) in [5, 5.41) is 0. The number of piperidine rings is 1. The summed E-state index contributed by atoms with van der Waals surface area (Å²) in [4.78, 5) is 19.7. The van der Waals surface area contributed by atoms with Crippen LogP contribution in [0.4, 0.5) is 5.95 Å². The maximum atomic E-state index is 4.59. The SMILES string of the molecule is Cc1cncc(C2CCCN(c3ncccn3)C2)n1. The average Bonchev–Trinajstić information content (AvgIpc) is 2.48. The normalized spacial score (nSPS) is 19.4. The summed E-state index contributed by atoms with van der Waals surface area (Å²) in [5.41, 5.74) is 2.06. The summed E-state index contributed by atoms with van der Waals surface area (Å²) in [6, 6.07) is 1.84. The molecule has 19 heavy (non-hydrogen) atoms. The monoisotopic (exact) mass is 255 g/mol. The molecule has 2 aromatic heterocycles. The topological polar surface area (TPSA) is 54.8 Å². The number of aryl methyl sites for hydroxylation is 1. The predicted octanol–water partition coefficient (Wildman–Crippen LogP) is 1.96. The second-order valence-electron chi connectivity index (χ2n) is 4.92. The summed E-state index contributed by atoms with van der Waals surface area (Å²) in [7, 11) is 0. The minimum absolute atomic E-state index is 0.421. The molecule has 0 aromatic carbocycles. The van der Waals surface area contributed by atoms with E-state index in [4.69, 9.17) is 0 Å². The Kier molecular flexibility index (Phi) is 3.35. The number of rotatable bonds is 2. The summed E-state index contributed by atoms with van der Waals surface area (Å²) >= 11 is 0. The van der Waals surface area contributed by atoms with Crippen LogP contribution in [0, 0.1) is 6.92 Å². The highest BCUT2D eigenvalue weighted by atomic mass is 15.2. The van der Waals surface area contributed by atoms with Gasteiger partial charge in [-0.05, 0) is 25.8 Å². The largest absolute Gasteiger partial charge is 0.340 e. The van der Waals surface area contributed by atoms with Crippen molar-refractivity contribution in [2.75, 3.05) is 18.0 Å². The zero-order chi connectivity index (χ0) is 13.1. The molecule has 0 spiro atoms. The third-order valence-electron chi connectivity index (χ3n) is 3.45. The van der Waals surface area contributed by atoms with Gasteiger partial charge in [0.2, 0.25) is 5.95 Å². The Bertz CT molecular complexity index is 543. The van der Waals surface area contributed by atoms with E-state index in [1.807, 2.05) is 19.2 Å². The highest BCUT2D eigenvalue weighted by molar-refractivity contribution is 5.31. The van der Waals surface area contributed by atoms with Gasteiger partial charge in [0.15, 0.2) is 0 Å². The summed E-state index contributed by atoms with van der Waals surface area (Å²) in [6.07, 6.45) is 9.55. The minimum atomic E-state index is 0.421. The Hall–Kier alpha value is -2.04. The molecule has 98 valence electrons. The lowest BCUT2D eigenvalue weighted by molar-refractivity contribution is 0.493. The molecule has 0 radical (unpaired) electrons. The van der Waals surface area contributed by atoms with Crippen molar-refractivity contribution in [2.24, 2.45) is 0 Å². The molecule has 0 bridgehead atoms. The van der Waals surface area contributed by atoms with Crippen molar-refractivity contribution < 1.29 is 0 Å². The molecular weight excluding hydrogens is 238 g/mol. The second-order valence-corrected chi connectivity index (χ2v) is 4.92. The Labute approximate surface area is 112 Å². The van der Waals surface area contributed by atoms with Crippen LogP contribution in [0.25, 0.3) is 0 Å². The van der Waals surface area contributed by atoms with Gasteiger partial charge >= 0.3 is 0 Å². The molecule has 1 fully saturated rings. The average molecular weight is 255 g/mol. The van der Waals surface area contributed by atoms with E-state index in [-0.39, 0.29) is 0 Å². The second kappa shape index (κ2) is 5.30. The standard InChI is InChI=1S/C14H17N5/c1-11-8-15-9-13(18-11)12-4-2-7-19(10-12)14-16-5-3-6-17-14/h3,5-6,8-9,12H,2,4,7,10H2,1H3. The summed E-state index contributed by atoms with van der Waals surface area (Å²) in [5.74, 6) is 1.23. The maximum Gasteiger partial charge on any atom is 0.225 e. The number of hydrogen-bond acceptors (Lipinski definition) is 5. The molecule has 2 aromatic rings. The molecule has 0 N–H and O–H groups in total. The van der Waals surface area contributed by atoms with Crippen molar-refractivity contribution in [3.8, 4) is 0 Å². The van der Waals surface area contributed by atoms with E-state index in [9.17, 15) is 0 Å². The van der Waals surface area contributed by atoms with E-state index < -0.39 is 0 Å². The number of nitrogens with zero attached hydrogens (tertiary/aromatic N) is 5. The first-order valence-corrected chi connectivity index (χ1v) is 6.63. The van der Waals surface area contributed by atoms with Gasteiger partial charge in [0.25, 0.3) is 0 Å². The van der Waals surface area contributed by atoms with Gasteiger partial charge in [-0.2, -0.15) is 0 Å². The third kappa shape index (κ3) is 2.70.